The molecule has 2 rings (SSSR count). The molecule has 0 saturated carbocycles. The summed E-state index contributed by atoms with van der Waals surface area (Å²) in [6.07, 6.45) is 0. The Balaban J connectivity index is 2.26. The Morgan fingerprint density at radius 2 is 1.90 bits per heavy atom. The molecule has 0 aliphatic carbocycles. The van der Waals surface area contributed by atoms with Gasteiger partial charge >= 0.3 is 0 Å². The number of benzene rings is 2. The topological polar surface area (TPSA) is 58.4 Å². The average Bonchev–Trinajstić information content (AvgIpc) is 2.43. The summed E-state index contributed by atoms with van der Waals surface area (Å²) in [4.78, 5) is 14.2. The fraction of sp³-hybridized carbons (Fsp3) is 0.133. The smallest absolute Gasteiger partial charge is 0.255 e. The van der Waals surface area contributed by atoms with Crippen molar-refractivity contribution in [2.24, 2.45) is 0 Å². The number of amides is 1. The predicted molar refractivity (Wildman–Crippen MR) is 84.6 cm³/mol. The minimum absolute atomic E-state index is 0.242. The minimum atomic E-state index is -0.242. The van der Waals surface area contributed by atoms with Crippen molar-refractivity contribution in [2.75, 3.05) is 30.0 Å². The van der Waals surface area contributed by atoms with Crippen LogP contribution in [0.3, 0.4) is 0 Å². The van der Waals surface area contributed by atoms with Crippen LogP contribution in [0.4, 0.5) is 17.1 Å². The van der Waals surface area contributed by atoms with Gasteiger partial charge in [0.05, 0.1) is 16.4 Å². The van der Waals surface area contributed by atoms with Gasteiger partial charge in [-0.1, -0.05) is 23.7 Å². The maximum atomic E-state index is 12.2. The molecule has 0 atom stereocenters. The van der Waals surface area contributed by atoms with Crippen LogP contribution >= 0.6 is 11.6 Å². The first kappa shape index (κ1) is 14.2. The van der Waals surface area contributed by atoms with E-state index in [4.69, 9.17) is 17.3 Å². The van der Waals surface area contributed by atoms with E-state index >= 15 is 0 Å². The van der Waals surface area contributed by atoms with Crippen LogP contribution in [-0.2, 0) is 0 Å². The second kappa shape index (κ2) is 5.84. The van der Waals surface area contributed by atoms with Crippen LogP contribution in [-0.4, -0.2) is 20.0 Å². The van der Waals surface area contributed by atoms with Crippen LogP contribution < -0.4 is 16.0 Å². The van der Waals surface area contributed by atoms with Gasteiger partial charge in [0.1, 0.15) is 0 Å². The molecule has 20 heavy (non-hydrogen) atoms. The van der Waals surface area contributed by atoms with Gasteiger partial charge in [0, 0.05) is 25.3 Å². The first-order chi connectivity index (χ1) is 9.49. The molecule has 104 valence electrons. The lowest BCUT2D eigenvalue weighted by Crippen LogP contribution is -2.15. The average molecular weight is 290 g/mol. The molecule has 2 aromatic carbocycles. The Bertz CT molecular complexity index is 621. The van der Waals surface area contributed by atoms with Gasteiger partial charge in [-0.3, -0.25) is 4.79 Å². The Hall–Kier alpha value is -2.20. The van der Waals surface area contributed by atoms with E-state index in [0.29, 0.717) is 22.0 Å². The standard InChI is InChI=1S/C15H16ClN3O/c1-19(2)11-6-3-5-10(9-11)15(20)18-14-12(16)7-4-8-13(14)17/h3-9H,17H2,1-2H3,(H,18,20). The molecule has 4 nitrogen and oxygen atoms in total. The Kier molecular flexibility index (Phi) is 4.15. The van der Waals surface area contributed by atoms with Crippen LogP contribution in [0.25, 0.3) is 0 Å². The van der Waals surface area contributed by atoms with E-state index in [-0.39, 0.29) is 5.91 Å². The summed E-state index contributed by atoms with van der Waals surface area (Å²) >= 11 is 6.04. The molecule has 2 aromatic rings. The van der Waals surface area contributed by atoms with Crippen LogP contribution in [0.2, 0.25) is 5.02 Å². The highest BCUT2D eigenvalue weighted by molar-refractivity contribution is 6.34. The minimum Gasteiger partial charge on any atom is -0.397 e. The van der Waals surface area contributed by atoms with Crippen LogP contribution in [0.1, 0.15) is 10.4 Å². The second-order valence-electron chi connectivity index (χ2n) is 4.60. The maximum absolute atomic E-state index is 12.2. The van der Waals surface area contributed by atoms with E-state index in [0.717, 1.165) is 5.69 Å². The second-order valence-corrected chi connectivity index (χ2v) is 5.01. The fourth-order valence-electron chi connectivity index (χ4n) is 1.78. The van der Waals surface area contributed by atoms with Gasteiger partial charge in [-0.05, 0) is 30.3 Å². The van der Waals surface area contributed by atoms with Gasteiger partial charge in [0.25, 0.3) is 5.91 Å². The Labute approximate surface area is 123 Å². The molecule has 0 unspecified atom stereocenters. The number of nitrogens with two attached hydrogens (primary N) is 1. The lowest BCUT2D eigenvalue weighted by molar-refractivity contribution is 0.102. The number of para-hydroxylation sites is 1. The number of anilines is 3. The van der Waals surface area contributed by atoms with Crippen molar-refractivity contribution in [3.8, 4) is 0 Å². The first-order valence-electron chi connectivity index (χ1n) is 6.12. The highest BCUT2D eigenvalue weighted by atomic mass is 35.5. The normalized spacial score (nSPS) is 10.2. The van der Waals surface area contributed by atoms with E-state index in [1.807, 2.05) is 37.2 Å². The number of nitrogen functional groups attached to an aromatic ring is 1. The molecule has 0 aliphatic heterocycles. The van der Waals surface area contributed by atoms with Crippen molar-refractivity contribution < 1.29 is 4.79 Å². The number of nitrogens with one attached hydrogen (secondary N) is 1. The van der Waals surface area contributed by atoms with E-state index in [9.17, 15) is 4.79 Å². The van der Waals surface area contributed by atoms with E-state index in [2.05, 4.69) is 5.32 Å². The molecular weight excluding hydrogens is 274 g/mol. The monoisotopic (exact) mass is 289 g/mol. The molecule has 0 fully saturated rings. The summed E-state index contributed by atoms with van der Waals surface area (Å²) in [6, 6.07) is 12.4. The zero-order valence-corrected chi connectivity index (χ0v) is 12.1. The van der Waals surface area contributed by atoms with Crippen molar-refractivity contribution in [1.29, 1.82) is 0 Å². The molecule has 0 aliphatic rings. The van der Waals surface area contributed by atoms with Crippen LogP contribution in [0, 0.1) is 0 Å². The van der Waals surface area contributed by atoms with E-state index in [1.165, 1.54) is 0 Å². The van der Waals surface area contributed by atoms with E-state index in [1.54, 1.807) is 24.3 Å². The predicted octanol–water partition coefficient (Wildman–Crippen LogP) is 3.24. The lowest BCUT2D eigenvalue weighted by Gasteiger charge is -2.14. The quantitative estimate of drug-likeness (QED) is 0.853. The summed E-state index contributed by atoms with van der Waals surface area (Å²) in [5.41, 5.74) is 8.20. The van der Waals surface area contributed by atoms with Crippen molar-refractivity contribution >= 4 is 34.6 Å². The zero-order valence-electron chi connectivity index (χ0n) is 11.4. The highest BCUT2D eigenvalue weighted by Gasteiger charge is 2.11. The summed E-state index contributed by atoms with van der Waals surface area (Å²) in [5.74, 6) is -0.242. The highest BCUT2D eigenvalue weighted by Crippen LogP contribution is 2.28. The van der Waals surface area contributed by atoms with Crippen molar-refractivity contribution in [1.82, 2.24) is 0 Å². The summed E-state index contributed by atoms with van der Waals surface area (Å²) in [7, 11) is 3.84. The van der Waals surface area contributed by atoms with E-state index < -0.39 is 0 Å². The summed E-state index contributed by atoms with van der Waals surface area (Å²) in [6.45, 7) is 0. The number of carbonyl (C=O) groups excluding carboxylic acids is 1. The van der Waals surface area contributed by atoms with Crippen molar-refractivity contribution in [3.05, 3.63) is 53.1 Å². The maximum Gasteiger partial charge on any atom is 0.255 e. The lowest BCUT2D eigenvalue weighted by atomic mass is 10.1. The molecule has 0 bridgehead atoms. The molecule has 0 saturated heterocycles. The number of halogens is 1. The van der Waals surface area contributed by atoms with Gasteiger partial charge in [-0.2, -0.15) is 0 Å². The SMILES string of the molecule is CN(C)c1cccc(C(=O)Nc2c(N)cccc2Cl)c1. The molecular formula is C15H16ClN3O. The molecule has 0 spiro atoms. The van der Waals surface area contributed by atoms with Gasteiger partial charge < -0.3 is 16.0 Å². The molecule has 1 amide bonds. The third kappa shape index (κ3) is 3.03. The van der Waals surface area contributed by atoms with Gasteiger partial charge in [-0.25, -0.2) is 0 Å². The third-order valence-corrected chi connectivity index (χ3v) is 3.22. The molecule has 0 heterocycles. The molecule has 3 N–H and O–H groups in total. The zero-order chi connectivity index (χ0) is 14.7. The number of hydrogen-bond donors (Lipinski definition) is 2. The summed E-state index contributed by atoms with van der Waals surface area (Å²) in [5, 5.41) is 3.17. The third-order valence-electron chi connectivity index (χ3n) is 2.91. The number of rotatable bonds is 3. The molecule has 0 aromatic heterocycles. The van der Waals surface area contributed by atoms with Gasteiger partial charge in [-0.15, -0.1) is 0 Å². The molecule has 0 radical (unpaired) electrons. The Morgan fingerprint density at radius 1 is 1.20 bits per heavy atom. The van der Waals surface area contributed by atoms with Gasteiger partial charge in [0.15, 0.2) is 0 Å². The van der Waals surface area contributed by atoms with Gasteiger partial charge in [0.2, 0.25) is 0 Å². The van der Waals surface area contributed by atoms with Crippen molar-refractivity contribution in [3.63, 3.8) is 0 Å². The number of carbonyl (C=O) groups is 1. The first-order valence-corrected chi connectivity index (χ1v) is 6.49. The number of hydrogen-bond acceptors (Lipinski definition) is 3. The largest absolute Gasteiger partial charge is 0.397 e. The summed E-state index contributed by atoms with van der Waals surface area (Å²) < 4.78 is 0. The Morgan fingerprint density at radius 3 is 2.55 bits per heavy atom. The van der Waals surface area contributed by atoms with Crippen LogP contribution in [0.5, 0.6) is 0 Å². The fourth-order valence-corrected chi connectivity index (χ4v) is 2.01. The number of nitrogens with zero attached hydrogens (tertiary/aromatic N) is 1. The molecule has 5 heteroatoms. The van der Waals surface area contributed by atoms with Crippen LogP contribution in [0.15, 0.2) is 42.5 Å². The van der Waals surface area contributed by atoms with Crippen molar-refractivity contribution in [2.45, 2.75) is 0 Å².